The average molecular weight is 572 g/mol. The van der Waals surface area contributed by atoms with E-state index in [1.165, 1.54) is 6.07 Å². The van der Waals surface area contributed by atoms with E-state index in [1.807, 2.05) is 34.6 Å². The van der Waals surface area contributed by atoms with Gasteiger partial charge in [-0.15, -0.1) is 0 Å². The predicted octanol–water partition coefficient (Wildman–Crippen LogP) is 6.46. The second-order valence-corrected chi connectivity index (χ2v) is 11.7. The van der Waals surface area contributed by atoms with E-state index in [0.717, 1.165) is 5.56 Å². The van der Waals surface area contributed by atoms with E-state index in [9.17, 15) is 19.7 Å². The summed E-state index contributed by atoms with van der Waals surface area (Å²) in [6, 6.07) is 13.5. The summed E-state index contributed by atoms with van der Waals surface area (Å²) in [5, 5.41) is 20.6. The minimum absolute atomic E-state index is 0.0276. The molecule has 0 aliphatic carbocycles. The number of aliphatic carboxylic acids is 1. The van der Waals surface area contributed by atoms with Crippen molar-refractivity contribution in [1.82, 2.24) is 0 Å². The molecule has 10 heteroatoms. The lowest BCUT2D eigenvalue weighted by Crippen LogP contribution is -2.58. The van der Waals surface area contributed by atoms with Crippen LogP contribution in [0.1, 0.15) is 77.5 Å². The lowest BCUT2D eigenvalue weighted by molar-refractivity contribution is -0.389. The topological polar surface area (TPSA) is 134 Å². The number of carbonyl (C=O) groups excluding carboxylic acids is 1. The molecule has 0 spiro atoms. The molecule has 0 saturated carbocycles. The normalized spacial score (nSPS) is 20.8. The van der Waals surface area contributed by atoms with Crippen LogP contribution in [0.5, 0.6) is 5.75 Å². The van der Waals surface area contributed by atoms with Gasteiger partial charge in [0.15, 0.2) is 0 Å². The van der Waals surface area contributed by atoms with Gasteiger partial charge < -0.3 is 24.1 Å². The molecule has 10 nitrogen and oxygen atoms in total. The second kappa shape index (κ2) is 13.9. The molecule has 1 fully saturated rings. The SMILES string of the molecule is CC(C)C[C@H](C)C1(C(=O)OCc2ccc(OCCCCC(=O)O)cc2)OCC(C)(C)C(c2ccccc2[N+](=O)[O-])O1. The van der Waals surface area contributed by atoms with Crippen molar-refractivity contribution in [1.29, 1.82) is 0 Å². The molecule has 2 aromatic carbocycles. The number of nitrogens with zero attached hydrogens (tertiary/aromatic N) is 1. The first-order valence-electron chi connectivity index (χ1n) is 14.0. The molecule has 0 aromatic heterocycles. The van der Waals surface area contributed by atoms with Crippen LogP contribution in [0.15, 0.2) is 48.5 Å². The number of hydrogen-bond acceptors (Lipinski definition) is 8. The Morgan fingerprint density at radius 2 is 1.78 bits per heavy atom. The van der Waals surface area contributed by atoms with E-state index in [1.54, 1.807) is 42.5 Å². The van der Waals surface area contributed by atoms with Gasteiger partial charge in [-0.25, -0.2) is 4.79 Å². The summed E-state index contributed by atoms with van der Waals surface area (Å²) in [6.45, 7) is 10.3. The van der Waals surface area contributed by atoms with Gasteiger partial charge in [0.25, 0.3) is 11.5 Å². The lowest BCUT2D eigenvalue weighted by Gasteiger charge is -2.49. The van der Waals surface area contributed by atoms with Gasteiger partial charge in [0, 0.05) is 23.8 Å². The summed E-state index contributed by atoms with van der Waals surface area (Å²) in [5.41, 5.74) is 0.389. The molecular formula is C31H41NO9. The summed E-state index contributed by atoms with van der Waals surface area (Å²) in [6.07, 6.45) is 1.11. The molecule has 1 saturated heterocycles. The van der Waals surface area contributed by atoms with Gasteiger partial charge in [-0.05, 0) is 48.9 Å². The van der Waals surface area contributed by atoms with Crippen LogP contribution in [-0.2, 0) is 30.4 Å². The number of ether oxygens (including phenoxy) is 4. The van der Waals surface area contributed by atoms with E-state index in [0.29, 0.717) is 37.2 Å². The zero-order chi connectivity index (χ0) is 30.2. The van der Waals surface area contributed by atoms with Crippen LogP contribution in [0, 0.1) is 27.4 Å². The molecule has 3 atom stereocenters. The van der Waals surface area contributed by atoms with Crippen molar-refractivity contribution >= 4 is 17.6 Å². The fourth-order valence-corrected chi connectivity index (χ4v) is 5.03. The maximum absolute atomic E-state index is 13.8. The Hall–Kier alpha value is -3.50. The van der Waals surface area contributed by atoms with Crippen LogP contribution in [0.2, 0.25) is 0 Å². The van der Waals surface area contributed by atoms with Crippen molar-refractivity contribution in [3.05, 3.63) is 69.8 Å². The standard InChI is InChI=1S/C31H41NO9/c1-21(2)18-22(3)31(40-20-30(4,5)28(41-31)25-10-6-7-11-26(25)32(36)37)29(35)39-19-23-13-15-24(16-14-23)38-17-9-8-12-27(33)34/h6-7,10-11,13-16,21-22,28H,8-9,12,17-20H2,1-5H3,(H,33,34)/t22-,28?,31?/m0/s1. The first-order valence-corrected chi connectivity index (χ1v) is 14.0. The zero-order valence-corrected chi connectivity index (χ0v) is 24.5. The van der Waals surface area contributed by atoms with Gasteiger partial charge >= 0.3 is 11.9 Å². The van der Waals surface area contributed by atoms with Crippen molar-refractivity contribution < 1.29 is 38.6 Å². The molecule has 41 heavy (non-hydrogen) atoms. The molecule has 0 bridgehead atoms. The largest absolute Gasteiger partial charge is 0.494 e. The highest BCUT2D eigenvalue weighted by Crippen LogP contribution is 2.50. The minimum atomic E-state index is -1.74. The van der Waals surface area contributed by atoms with Crippen LogP contribution in [0.3, 0.4) is 0 Å². The van der Waals surface area contributed by atoms with Crippen molar-refractivity contribution in [2.24, 2.45) is 17.3 Å². The molecule has 1 aliphatic heterocycles. The highest BCUT2D eigenvalue weighted by molar-refractivity contribution is 5.78. The van der Waals surface area contributed by atoms with E-state index in [2.05, 4.69) is 0 Å². The Morgan fingerprint density at radius 1 is 1.10 bits per heavy atom. The molecule has 1 heterocycles. The first-order chi connectivity index (χ1) is 19.4. The molecule has 0 amide bonds. The molecule has 2 aromatic rings. The molecule has 224 valence electrons. The van der Waals surface area contributed by atoms with Crippen molar-refractivity contribution in [3.63, 3.8) is 0 Å². The summed E-state index contributed by atoms with van der Waals surface area (Å²) in [4.78, 5) is 35.8. The van der Waals surface area contributed by atoms with Crippen LogP contribution in [-0.4, -0.2) is 41.0 Å². The van der Waals surface area contributed by atoms with Crippen LogP contribution in [0.25, 0.3) is 0 Å². The van der Waals surface area contributed by atoms with Crippen LogP contribution < -0.4 is 4.74 Å². The smallest absolute Gasteiger partial charge is 0.367 e. The monoisotopic (exact) mass is 571 g/mol. The van der Waals surface area contributed by atoms with Gasteiger partial charge in [0.2, 0.25) is 0 Å². The van der Waals surface area contributed by atoms with E-state index in [4.69, 9.17) is 24.1 Å². The number of carboxylic acids is 1. The van der Waals surface area contributed by atoms with Crippen molar-refractivity contribution in [3.8, 4) is 5.75 Å². The third kappa shape index (κ3) is 8.27. The second-order valence-electron chi connectivity index (χ2n) is 11.7. The summed E-state index contributed by atoms with van der Waals surface area (Å²) < 4.78 is 24.2. The van der Waals surface area contributed by atoms with Crippen LogP contribution in [0.4, 0.5) is 5.69 Å². The molecule has 0 radical (unpaired) electrons. The Morgan fingerprint density at radius 3 is 2.41 bits per heavy atom. The van der Waals surface area contributed by atoms with E-state index in [-0.39, 0.29) is 31.2 Å². The molecular weight excluding hydrogens is 530 g/mol. The number of benzene rings is 2. The van der Waals surface area contributed by atoms with Crippen molar-refractivity contribution in [2.45, 2.75) is 78.8 Å². The number of nitro groups is 1. The van der Waals surface area contributed by atoms with Gasteiger partial charge in [-0.3, -0.25) is 14.9 Å². The zero-order valence-electron chi connectivity index (χ0n) is 24.5. The number of unbranched alkanes of at least 4 members (excludes halogenated alkanes) is 1. The van der Waals surface area contributed by atoms with Crippen molar-refractivity contribution in [2.75, 3.05) is 13.2 Å². The predicted molar refractivity (Wildman–Crippen MR) is 151 cm³/mol. The fraction of sp³-hybridized carbons (Fsp3) is 0.548. The quantitative estimate of drug-likeness (QED) is 0.117. The number of carboxylic acid groups (broad SMARTS) is 1. The summed E-state index contributed by atoms with van der Waals surface area (Å²) in [5.74, 6) is -2.78. The Balaban J connectivity index is 1.77. The van der Waals surface area contributed by atoms with E-state index < -0.39 is 40.1 Å². The van der Waals surface area contributed by atoms with E-state index >= 15 is 0 Å². The van der Waals surface area contributed by atoms with Gasteiger partial charge in [0.05, 0.1) is 23.7 Å². The van der Waals surface area contributed by atoms with Gasteiger partial charge in [-0.1, -0.05) is 58.9 Å². The minimum Gasteiger partial charge on any atom is -0.494 e. The highest BCUT2D eigenvalue weighted by atomic mass is 16.7. The Labute approximate surface area is 241 Å². The molecule has 1 aliphatic rings. The number of esters is 1. The first kappa shape index (κ1) is 32.0. The number of nitro benzene ring substituents is 1. The number of carbonyl (C=O) groups is 2. The number of hydrogen-bond donors (Lipinski definition) is 1. The Kier molecular flexibility index (Phi) is 10.9. The summed E-state index contributed by atoms with van der Waals surface area (Å²) >= 11 is 0. The van der Waals surface area contributed by atoms with Gasteiger partial charge in [0.1, 0.15) is 18.5 Å². The van der Waals surface area contributed by atoms with Crippen LogP contribution >= 0.6 is 0 Å². The van der Waals surface area contributed by atoms with Gasteiger partial charge in [-0.2, -0.15) is 0 Å². The third-order valence-electron chi connectivity index (χ3n) is 7.18. The number of para-hydroxylation sites is 1. The number of rotatable bonds is 14. The maximum Gasteiger partial charge on any atom is 0.367 e. The third-order valence-corrected chi connectivity index (χ3v) is 7.18. The molecule has 3 rings (SSSR count). The summed E-state index contributed by atoms with van der Waals surface area (Å²) in [7, 11) is 0. The lowest BCUT2D eigenvalue weighted by atomic mass is 9.79. The molecule has 2 unspecified atom stereocenters. The Bertz CT molecular complexity index is 1190. The maximum atomic E-state index is 13.8. The average Bonchev–Trinajstić information content (AvgIpc) is 2.91. The molecule has 1 N–H and O–H groups in total. The fourth-order valence-electron chi connectivity index (χ4n) is 5.03. The highest BCUT2D eigenvalue weighted by Gasteiger charge is 2.57.